The second-order valence-electron chi connectivity index (χ2n) is 6.50. The first-order valence-electron chi connectivity index (χ1n) is 8.86. The van der Waals surface area contributed by atoms with Crippen molar-refractivity contribution in [3.8, 4) is 5.69 Å². The van der Waals surface area contributed by atoms with Crippen LogP contribution in [0.2, 0.25) is 5.02 Å². The molecule has 2 N–H and O–H groups in total. The van der Waals surface area contributed by atoms with Gasteiger partial charge in [0.1, 0.15) is 0 Å². The monoisotopic (exact) mass is 382 g/mol. The van der Waals surface area contributed by atoms with Crippen LogP contribution in [0, 0.1) is 13.8 Å². The zero-order valence-corrected chi connectivity index (χ0v) is 16.4. The highest BCUT2D eigenvalue weighted by Gasteiger charge is 2.15. The van der Waals surface area contributed by atoms with Crippen LogP contribution in [0.15, 0.2) is 54.6 Å². The summed E-state index contributed by atoms with van der Waals surface area (Å²) in [6.45, 7) is 6.07. The van der Waals surface area contributed by atoms with E-state index in [1.165, 1.54) is 0 Å². The molecule has 0 fully saturated rings. The van der Waals surface area contributed by atoms with Gasteiger partial charge in [-0.1, -0.05) is 41.9 Å². The van der Waals surface area contributed by atoms with Crippen LogP contribution in [0.1, 0.15) is 29.9 Å². The van der Waals surface area contributed by atoms with Crippen molar-refractivity contribution in [3.05, 3.63) is 76.6 Å². The van der Waals surface area contributed by atoms with Crippen molar-refractivity contribution in [2.24, 2.45) is 0 Å². The van der Waals surface area contributed by atoms with Crippen molar-refractivity contribution in [3.63, 3.8) is 0 Å². The average molecular weight is 383 g/mol. The zero-order valence-electron chi connectivity index (χ0n) is 15.7. The van der Waals surface area contributed by atoms with Crippen LogP contribution in [0.5, 0.6) is 0 Å². The molecule has 1 heterocycles. The van der Waals surface area contributed by atoms with Crippen LogP contribution in [0.3, 0.4) is 0 Å². The number of hydrogen-bond acceptors (Lipinski definition) is 3. The summed E-state index contributed by atoms with van der Waals surface area (Å²) in [5, 5.41) is 11.5. The molecule has 0 unspecified atom stereocenters. The maximum atomic E-state index is 12.4. The molecule has 1 atom stereocenters. The first kappa shape index (κ1) is 19.1. The number of halogens is 1. The number of aryl methyl sites for hydroxylation is 1. The number of benzene rings is 2. The predicted octanol–water partition coefficient (Wildman–Crippen LogP) is 4.43. The lowest BCUT2D eigenvalue weighted by Crippen LogP contribution is -2.30. The standard InChI is InChI=1S/C21H23ClN4O/c1-14(17-9-11-18(22)12-10-17)23-13-20(27)24-21-15(2)25-26(16(21)3)19-7-5-4-6-8-19/h4-12,14,23H,13H2,1-3H3,(H,24,27)/t14-/m1/s1. The van der Waals surface area contributed by atoms with Gasteiger partial charge >= 0.3 is 0 Å². The largest absolute Gasteiger partial charge is 0.322 e. The van der Waals surface area contributed by atoms with Gasteiger partial charge < -0.3 is 10.6 Å². The third-order valence-electron chi connectivity index (χ3n) is 4.50. The summed E-state index contributed by atoms with van der Waals surface area (Å²) < 4.78 is 1.84. The summed E-state index contributed by atoms with van der Waals surface area (Å²) in [5.74, 6) is -0.102. The van der Waals surface area contributed by atoms with Crippen LogP contribution >= 0.6 is 11.6 Å². The Bertz CT molecular complexity index is 919. The molecule has 0 aliphatic carbocycles. The number of hydrogen-bond donors (Lipinski definition) is 2. The highest BCUT2D eigenvalue weighted by atomic mass is 35.5. The normalized spacial score (nSPS) is 12.0. The molecule has 0 radical (unpaired) electrons. The summed E-state index contributed by atoms with van der Waals surface area (Å²) in [6, 6.07) is 17.5. The highest BCUT2D eigenvalue weighted by molar-refractivity contribution is 6.30. The van der Waals surface area contributed by atoms with Crippen molar-refractivity contribution in [1.29, 1.82) is 0 Å². The zero-order chi connectivity index (χ0) is 19.4. The maximum absolute atomic E-state index is 12.4. The summed E-state index contributed by atoms with van der Waals surface area (Å²) in [6.07, 6.45) is 0. The SMILES string of the molecule is Cc1nn(-c2ccccc2)c(C)c1NC(=O)CN[C@H](C)c1ccc(Cl)cc1. The number of para-hydroxylation sites is 1. The first-order valence-corrected chi connectivity index (χ1v) is 9.24. The van der Waals surface area contributed by atoms with Crippen molar-refractivity contribution in [1.82, 2.24) is 15.1 Å². The van der Waals surface area contributed by atoms with Gasteiger partial charge in [-0.3, -0.25) is 4.79 Å². The number of nitrogens with zero attached hydrogens (tertiary/aromatic N) is 2. The Hall–Kier alpha value is -2.63. The minimum Gasteiger partial charge on any atom is -0.322 e. The molecule has 0 saturated carbocycles. The minimum absolute atomic E-state index is 0.0438. The van der Waals surface area contributed by atoms with Gasteiger partial charge in [0, 0.05) is 11.1 Å². The quantitative estimate of drug-likeness (QED) is 0.663. The summed E-state index contributed by atoms with van der Waals surface area (Å²) >= 11 is 5.92. The fourth-order valence-electron chi connectivity index (χ4n) is 2.94. The second kappa shape index (κ2) is 8.37. The van der Waals surface area contributed by atoms with Gasteiger partial charge in [-0.15, -0.1) is 0 Å². The van der Waals surface area contributed by atoms with Gasteiger partial charge in [0.2, 0.25) is 5.91 Å². The summed E-state index contributed by atoms with van der Waals surface area (Å²) in [4.78, 5) is 12.4. The Morgan fingerprint density at radius 2 is 1.78 bits per heavy atom. The number of amides is 1. The lowest BCUT2D eigenvalue weighted by molar-refractivity contribution is -0.115. The molecule has 0 bridgehead atoms. The Morgan fingerprint density at radius 3 is 2.44 bits per heavy atom. The van der Waals surface area contributed by atoms with Gasteiger partial charge in [0.15, 0.2) is 0 Å². The number of aromatic nitrogens is 2. The molecular formula is C21H23ClN4O. The number of anilines is 1. The first-order chi connectivity index (χ1) is 13.0. The van der Waals surface area contributed by atoms with E-state index in [2.05, 4.69) is 15.7 Å². The highest BCUT2D eigenvalue weighted by Crippen LogP contribution is 2.22. The third kappa shape index (κ3) is 4.56. The van der Waals surface area contributed by atoms with Crippen molar-refractivity contribution in [2.75, 3.05) is 11.9 Å². The molecule has 0 aliphatic rings. The molecule has 3 aromatic rings. The molecule has 140 valence electrons. The summed E-state index contributed by atoms with van der Waals surface area (Å²) in [7, 11) is 0. The molecule has 6 heteroatoms. The van der Waals surface area contributed by atoms with E-state index >= 15 is 0 Å². The van der Waals surface area contributed by atoms with Crippen molar-refractivity contribution >= 4 is 23.2 Å². The second-order valence-corrected chi connectivity index (χ2v) is 6.93. The van der Waals surface area contributed by atoms with Crippen molar-refractivity contribution < 1.29 is 4.79 Å². The summed E-state index contributed by atoms with van der Waals surface area (Å²) in [5.41, 5.74) is 4.49. The van der Waals surface area contributed by atoms with Gasteiger partial charge in [-0.05, 0) is 50.6 Å². The van der Waals surface area contributed by atoms with Gasteiger partial charge in [-0.25, -0.2) is 4.68 Å². The van der Waals surface area contributed by atoms with Gasteiger partial charge in [0.05, 0.1) is 29.3 Å². The topological polar surface area (TPSA) is 59.0 Å². The van der Waals surface area contributed by atoms with E-state index in [4.69, 9.17) is 11.6 Å². The Balaban J connectivity index is 1.64. The number of nitrogens with one attached hydrogen (secondary N) is 2. The molecule has 1 amide bonds. The number of carbonyl (C=O) groups is 1. The van der Waals surface area contributed by atoms with E-state index in [0.29, 0.717) is 5.02 Å². The van der Waals surface area contributed by atoms with Crippen molar-refractivity contribution in [2.45, 2.75) is 26.8 Å². The number of rotatable bonds is 6. The van der Waals surface area contributed by atoms with Crippen LogP contribution in [0.25, 0.3) is 5.69 Å². The van der Waals surface area contributed by atoms with Crippen LogP contribution in [-0.4, -0.2) is 22.2 Å². The lowest BCUT2D eigenvalue weighted by atomic mass is 10.1. The lowest BCUT2D eigenvalue weighted by Gasteiger charge is -2.14. The van der Waals surface area contributed by atoms with E-state index in [1.54, 1.807) is 0 Å². The molecule has 3 rings (SSSR count). The molecule has 1 aromatic heterocycles. The fraction of sp³-hybridized carbons (Fsp3) is 0.238. The molecule has 27 heavy (non-hydrogen) atoms. The number of carbonyl (C=O) groups excluding carboxylic acids is 1. The molecule has 5 nitrogen and oxygen atoms in total. The third-order valence-corrected chi connectivity index (χ3v) is 4.75. The Morgan fingerprint density at radius 1 is 1.11 bits per heavy atom. The fourth-order valence-corrected chi connectivity index (χ4v) is 3.07. The minimum atomic E-state index is -0.102. The molecule has 0 saturated heterocycles. The molecular weight excluding hydrogens is 360 g/mol. The smallest absolute Gasteiger partial charge is 0.238 e. The van der Waals surface area contributed by atoms with E-state index in [1.807, 2.05) is 80.1 Å². The van der Waals surface area contributed by atoms with E-state index in [-0.39, 0.29) is 18.5 Å². The molecule has 2 aromatic carbocycles. The van der Waals surface area contributed by atoms with Crippen LogP contribution < -0.4 is 10.6 Å². The van der Waals surface area contributed by atoms with E-state index in [9.17, 15) is 4.79 Å². The Labute approximate surface area is 164 Å². The Kier molecular flexibility index (Phi) is 5.94. The van der Waals surface area contributed by atoms with Gasteiger partial charge in [-0.2, -0.15) is 5.10 Å². The van der Waals surface area contributed by atoms with Gasteiger partial charge in [0.25, 0.3) is 0 Å². The predicted molar refractivity (Wildman–Crippen MR) is 110 cm³/mol. The average Bonchev–Trinajstić information content (AvgIpc) is 2.95. The van der Waals surface area contributed by atoms with E-state index in [0.717, 1.165) is 28.3 Å². The maximum Gasteiger partial charge on any atom is 0.238 e. The van der Waals surface area contributed by atoms with E-state index < -0.39 is 0 Å². The van der Waals surface area contributed by atoms with Crippen LogP contribution in [0.4, 0.5) is 5.69 Å². The molecule has 0 aliphatic heterocycles. The van der Waals surface area contributed by atoms with Crippen LogP contribution in [-0.2, 0) is 4.79 Å². The molecule has 0 spiro atoms.